The van der Waals surface area contributed by atoms with Gasteiger partial charge in [-0.2, -0.15) is 0 Å². The number of hydrogen-bond donors (Lipinski definition) is 2. The van der Waals surface area contributed by atoms with Crippen molar-refractivity contribution < 1.29 is 19.4 Å². The van der Waals surface area contributed by atoms with E-state index in [9.17, 15) is 9.90 Å². The molecule has 0 saturated heterocycles. The molecule has 0 atom stereocenters. The Labute approximate surface area is 122 Å². The van der Waals surface area contributed by atoms with E-state index >= 15 is 0 Å². The highest BCUT2D eigenvalue weighted by atomic mass is 16.5. The fourth-order valence-electron chi connectivity index (χ4n) is 2.18. The Balaban J connectivity index is 1.89. The molecular weight excluding hydrogens is 270 g/mol. The zero-order valence-electron chi connectivity index (χ0n) is 11.3. The van der Waals surface area contributed by atoms with Gasteiger partial charge >= 0.3 is 5.97 Å². The largest absolute Gasteiger partial charge is 0.490 e. The van der Waals surface area contributed by atoms with E-state index in [1.165, 1.54) is 0 Å². The second-order valence-corrected chi connectivity index (χ2v) is 4.69. The molecule has 2 aromatic carbocycles. The monoisotopic (exact) mass is 285 g/mol. The number of hydrogen-bond acceptors (Lipinski definition) is 4. The second-order valence-electron chi connectivity index (χ2n) is 4.69. The van der Waals surface area contributed by atoms with Gasteiger partial charge in [0, 0.05) is 18.2 Å². The van der Waals surface area contributed by atoms with Crippen molar-refractivity contribution in [3.05, 3.63) is 48.0 Å². The minimum Gasteiger partial charge on any atom is -0.490 e. The van der Waals surface area contributed by atoms with Crippen molar-refractivity contribution in [1.29, 1.82) is 0 Å². The summed E-state index contributed by atoms with van der Waals surface area (Å²) in [5, 5.41) is 12.3. The van der Waals surface area contributed by atoms with Gasteiger partial charge in [0.05, 0.1) is 24.5 Å². The third-order valence-electron chi connectivity index (χ3n) is 3.18. The molecule has 0 amide bonds. The smallest absolute Gasteiger partial charge is 0.337 e. The topological polar surface area (TPSA) is 67.8 Å². The minimum absolute atomic E-state index is 0.226. The maximum atomic E-state index is 11.2. The summed E-state index contributed by atoms with van der Waals surface area (Å²) >= 11 is 0. The van der Waals surface area contributed by atoms with Crippen molar-refractivity contribution >= 4 is 17.3 Å². The zero-order valence-corrected chi connectivity index (χ0v) is 11.3. The highest BCUT2D eigenvalue weighted by Gasteiger charge is 2.13. The van der Waals surface area contributed by atoms with Crippen LogP contribution in [0, 0.1) is 0 Å². The molecule has 1 aliphatic heterocycles. The molecule has 3 rings (SSSR count). The third-order valence-corrected chi connectivity index (χ3v) is 3.18. The lowest BCUT2D eigenvalue weighted by atomic mass is 10.1. The molecule has 108 valence electrons. The van der Waals surface area contributed by atoms with E-state index in [4.69, 9.17) is 9.47 Å². The lowest BCUT2D eigenvalue weighted by Gasteiger charge is -2.12. The molecule has 5 heteroatoms. The van der Waals surface area contributed by atoms with E-state index in [1.54, 1.807) is 24.3 Å². The molecule has 0 unspecified atom stereocenters. The molecule has 0 aliphatic carbocycles. The van der Waals surface area contributed by atoms with Crippen LogP contribution in [0.25, 0.3) is 0 Å². The van der Waals surface area contributed by atoms with Crippen LogP contribution >= 0.6 is 0 Å². The Morgan fingerprint density at radius 2 is 1.81 bits per heavy atom. The summed E-state index contributed by atoms with van der Waals surface area (Å²) in [6.07, 6.45) is 0.847. The average molecular weight is 285 g/mol. The lowest BCUT2D eigenvalue weighted by Crippen LogP contribution is -2.02. The van der Waals surface area contributed by atoms with Gasteiger partial charge in [0.1, 0.15) is 0 Å². The second kappa shape index (κ2) is 5.75. The first-order valence-corrected chi connectivity index (χ1v) is 6.73. The van der Waals surface area contributed by atoms with Gasteiger partial charge in [0.25, 0.3) is 0 Å². The number of aromatic carboxylic acids is 1. The molecule has 0 bridgehead atoms. The molecule has 0 fully saturated rings. The molecule has 1 heterocycles. The molecular formula is C16H15NO4. The van der Waals surface area contributed by atoms with E-state index in [-0.39, 0.29) is 5.56 Å². The van der Waals surface area contributed by atoms with Crippen molar-refractivity contribution in [2.75, 3.05) is 18.5 Å². The highest BCUT2D eigenvalue weighted by molar-refractivity contribution is 5.95. The molecule has 0 radical (unpaired) electrons. The van der Waals surface area contributed by atoms with Crippen LogP contribution in [-0.4, -0.2) is 24.3 Å². The van der Waals surface area contributed by atoms with Crippen LogP contribution in [0.15, 0.2) is 42.5 Å². The van der Waals surface area contributed by atoms with E-state index in [0.717, 1.165) is 12.1 Å². The number of para-hydroxylation sites is 1. The Morgan fingerprint density at radius 3 is 2.62 bits per heavy atom. The molecule has 0 spiro atoms. The van der Waals surface area contributed by atoms with Crippen LogP contribution in [0.4, 0.5) is 11.4 Å². The van der Waals surface area contributed by atoms with Gasteiger partial charge in [-0.05, 0) is 24.3 Å². The van der Waals surface area contributed by atoms with Crippen molar-refractivity contribution in [3.8, 4) is 11.5 Å². The van der Waals surface area contributed by atoms with Crippen molar-refractivity contribution in [3.63, 3.8) is 0 Å². The Hall–Kier alpha value is -2.69. The fraction of sp³-hybridized carbons (Fsp3) is 0.188. The summed E-state index contributed by atoms with van der Waals surface area (Å²) in [5.74, 6) is 0.419. The predicted molar refractivity (Wildman–Crippen MR) is 78.7 cm³/mol. The van der Waals surface area contributed by atoms with Gasteiger partial charge in [-0.1, -0.05) is 12.1 Å². The van der Waals surface area contributed by atoms with Gasteiger partial charge in [-0.25, -0.2) is 4.79 Å². The first-order valence-electron chi connectivity index (χ1n) is 6.73. The van der Waals surface area contributed by atoms with Crippen LogP contribution in [0.2, 0.25) is 0 Å². The molecule has 2 N–H and O–H groups in total. The Kier molecular flexibility index (Phi) is 3.64. The van der Waals surface area contributed by atoms with E-state index in [2.05, 4.69) is 5.32 Å². The number of carboxylic acids is 1. The van der Waals surface area contributed by atoms with E-state index in [1.807, 2.05) is 18.2 Å². The van der Waals surface area contributed by atoms with Gasteiger partial charge in [-0.3, -0.25) is 0 Å². The van der Waals surface area contributed by atoms with Gasteiger partial charge in [-0.15, -0.1) is 0 Å². The highest BCUT2D eigenvalue weighted by Crippen LogP contribution is 2.33. The standard InChI is InChI=1S/C16H15NO4/c18-16(19)12-4-1-2-5-13(12)17-11-6-7-14-15(10-11)21-9-3-8-20-14/h1-2,4-7,10,17H,3,8-9H2,(H,18,19). The number of carboxylic acid groups (broad SMARTS) is 1. The van der Waals surface area contributed by atoms with Gasteiger partial charge in [0.15, 0.2) is 11.5 Å². The van der Waals surface area contributed by atoms with Gasteiger partial charge in [0.2, 0.25) is 0 Å². The zero-order chi connectivity index (χ0) is 14.7. The Bertz CT molecular complexity index is 669. The summed E-state index contributed by atoms with van der Waals surface area (Å²) in [5.41, 5.74) is 1.53. The molecule has 0 aromatic heterocycles. The number of nitrogens with one attached hydrogen (secondary N) is 1. The average Bonchev–Trinajstić information content (AvgIpc) is 2.72. The molecule has 1 aliphatic rings. The number of carbonyl (C=O) groups is 1. The lowest BCUT2D eigenvalue weighted by molar-refractivity contribution is 0.0698. The summed E-state index contributed by atoms with van der Waals surface area (Å²) < 4.78 is 11.2. The van der Waals surface area contributed by atoms with E-state index < -0.39 is 5.97 Å². The Morgan fingerprint density at radius 1 is 1.05 bits per heavy atom. The maximum Gasteiger partial charge on any atom is 0.337 e. The SMILES string of the molecule is O=C(O)c1ccccc1Nc1ccc2c(c1)OCCCO2. The number of benzene rings is 2. The number of rotatable bonds is 3. The first-order chi connectivity index (χ1) is 10.2. The molecule has 2 aromatic rings. The van der Waals surface area contributed by atoms with Crippen molar-refractivity contribution in [2.45, 2.75) is 6.42 Å². The number of ether oxygens (including phenoxy) is 2. The van der Waals surface area contributed by atoms with Crippen molar-refractivity contribution in [1.82, 2.24) is 0 Å². The van der Waals surface area contributed by atoms with Crippen LogP contribution in [0.1, 0.15) is 16.8 Å². The van der Waals surface area contributed by atoms with E-state index in [0.29, 0.717) is 30.4 Å². The number of fused-ring (bicyclic) bond motifs is 1. The molecule has 21 heavy (non-hydrogen) atoms. The molecule has 5 nitrogen and oxygen atoms in total. The normalized spacial score (nSPS) is 13.3. The number of anilines is 2. The first kappa shape index (κ1) is 13.3. The fourth-order valence-corrected chi connectivity index (χ4v) is 2.18. The van der Waals surface area contributed by atoms with Crippen LogP contribution in [0.3, 0.4) is 0 Å². The molecule has 0 saturated carbocycles. The summed E-state index contributed by atoms with van der Waals surface area (Å²) in [6, 6.07) is 12.3. The quantitative estimate of drug-likeness (QED) is 0.905. The van der Waals surface area contributed by atoms with Crippen LogP contribution in [-0.2, 0) is 0 Å². The van der Waals surface area contributed by atoms with Gasteiger partial charge < -0.3 is 19.9 Å². The van der Waals surface area contributed by atoms with Crippen LogP contribution < -0.4 is 14.8 Å². The minimum atomic E-state index is -0.965. The summed E-state index contributed by atoms with van der Waals surface area (Å²) in [4.78, 5) is 11.2. The maximum absolute atomic E-state index is 11.2. The summed E-state index contributed by atoms with van der Waals surface area (Å²) in [6.45, 7) is 1.25. The van der Waals surface area contributed by atoms with Crippen LogP contribution in [0.5, 0.6) is 11.5 Å². The summed E-state index contributed by atoms with van der Waals surface area (Å²) in [7, 11) is 0. The van der Waals surface area contributed by atoms with Crippen molar-refractivity contribution in [2.24, 2.45) is 0 Å². The predicted octanol–water partition coefficient (Wildman–Crippen LogP) is 3.29. The third kappa shape index (κ3) is 2.91.